The molecule has 0 radical (unpaired) electrons. The zero-order valence-electron chi connectivity index (χ0n) is 13.5. The number of carbonyl (C=O) groups is 1. The molecule has 22 heavy (non-hydrogen) atoms. The van der Waals surface area contributed by atoms with Gasteiger partial charge in [0.25, 0.3) is 0 Å². The predicted octanol–water partition coefficient (Wildman–Crippen LogP) is 3.56. The fraction of sp³-hybridized carbons (Fsp3) is 0.588. The van der Waals surface area contributed by atoms with E-state index < -0.39 is 5.54 Å². The second kappa shape index (κ2) is 6.97. The first-order chi connectivity index (χ1) is 10.3. The molecule has 0 aliphatic carbocycles. The number of piperidine rings is 1. The molecule has 1 atom stereocenters. The van der Waals surface area contributed by atoms with E-state index in [2.05, 4.69) is 17.3 Å². The average molecular weight is 327 g/mol. The zero-order valence-corrected chi connectivity index (χ0v) is 14.2. The number of halogens is 2. The van der Waals surface area contributed by atoms with E-state index >= 15 is 0 Å². The summed E-state index contributed by atoms with van der Waals surface area (Å²) < 4.78 is 13.5. The Labute approximate surface area is 136 Å². The molecule has 1 aromatic rings. The van der Waals surface area contributed by atoms with Crippen LogP contribution in [0.15, 0.2) is 18.2 Å². The molecule has 0 bridgehead atoms. The van der Waals surface area contributed by atoms with Crippen LogP contribution in [-0.4, -0.2) is 30.9 Å². The molecule has 3 nitrogen and oxygen atoms in total. The van der Waals surface area contributed by atoms with Crippen LogP contribution >= 0.6 is 11.6 Å². The summed E-state index contributed by atoms with van der Waals surface area (Å²) in [4.78, 5) is 14.6. The molecule has 2 rings (SSSR count). The van der Waals surface area contributed by atoms with Crippen LogP contribution in [0.3, 0.4) is 0 Å². The number of nitrogens with zero attached hydrogens (tertiary/aromatic N) is 1. The number of hydrogen-bond acceptors (Lipinski definition) is 2. The van der Waals surface area contributed by atoms with E-state index in [9.17, 15) is 9.18 Å². The van der Waals surface area contributed by atoms with Gasteiger partial charge in [-0.1, -0.05) is 11.6 Å². The lowest BCUT2D eigenvalue weighted by molar-refractivity contribution is -0.124. The van der Waals surface area contributed by atoms with Crippen LogP contribution in [0.2, 0.25) is 5.02 Å². The van der Waals surface area contributed by atoms with Crippen molar-refractivity contribution in [1.29, 1.82) is 0 Å². The van der Waals surface area contributed by atoms with Gasteiger partial charge in [0.15, 0.2) is 0 Å². The summed E-state index contributed by atoms with van der Waals surface area (Å²) >= 11 is 6.15. The van der Waals surface area contributed by atoms with E-state index in [1.807, 2.05) is 13.8 Å². The monoisotopic (exact) mass is 326 g/mol. The van der Waals surface area contributed by atoms with Gasteiger partial charge in [-0.2, -0.15) is 0 Å². The molecule has 5 heteroatoms. The molecular formula is C17H24ClFN2O. The Morgan fingerprint density at radius 2 is 2.23 bits per heavy atom. The molecule has 0 saturated carbocycles. The van der Waals surface area contributed by atoms with Crippen LogP contribution in [0.1, 0.15) is 38.7 Å². The van der Waals surface area contributed by atoms with Crippen molar-refractivity contribution < 1.29 is 9.18 Å². The number of rotatable bonds is 4. The van der Waals surface area contributed by atoms with Crippen LogP contribution in [-0.2, 0) is 10.3 Å². The Morgan fingerprint density at radius 3 is 2.91 bits per heavy atom. The first-order valence-electron chi connectivity index (χ1n) is 7.73. The van der Waals surface area contributed by atoms with E-state index in [1.165, 1.54) is 18.2 Å². The molecule has 122 valence electrons. The van der Waals surface area contributed by atoms with E-state index in [0.29, 0.717) is 22.9 Å². The average Bonchev–Trinajstić information content (AvgIpc) is 2.40. The Balaban J connectivity index is 2.01. The lowest BCUT2D eigenvalue weighted by Gasteiger charge is -2.32. The molecule has 0 spiro atoms. The van der Waals surface area contributed by atoms with Crippen molar-refractivity contribution in [3.63, 3.8) is 0 Å². The Bertz CT molecular complexity index is 547. The van der Waals surface area contributed by atoms with Crippen LogP contribution in [0.25, 0.3) is 0 Å². The van der Waals surface area contributed by atoms with Crippen molar-refractivity contribution in [2.45, 2.75) is 38.6 Å². The van der Waals surface area contributed by atoms with Crippen molar-refractivity contribution in [2.24, 2.45) is 5.92 Å². The van der Waals surface area contributed by atoms with Gasteiger partial charge in [0, 0.05) is 18.0 Å². The van der Waals surface area contributed by atoms with Gasteiger partial charge < -0.3 is 10.2 Å². The molecular weight excluding hydrogens is 303 g/mol. The van der Waals surface area contributed by atoms with Gasteiger partial charge in [-0.25, -0.2) is 4.39 Å². The van der Waals surface area contributed by atoms with Gasteiger partial charge in [0.1, 0.15) is 5.82 Å². The van der Waals surface area contributed by atoms with E-state index in [4.69, 9.17) is 11.6 Å². The van der Waals surface area contributed by atoms with Crippen LogP contribution < -0.4 is 5.32 Å². The van der Waals surface area contributed by atoms with Crippen LogP contribution in [0, 0.1) is 11.7 Å². The standard InChI is InChI=1S/C17H24ClFN2O/c1-17(2,14-10-13(19)6-7-15(14)18)20-16(22)9-12-5-4-8-21(3)11-12/h6-7,10,12H,4-5,8-9,11H2,1-3H3,(H,20,22)/t12-/m0/s1. The van der Waals surface area contributed by atoms with Gasteiger partial charge >= 0.3 is 0 Å². The summed E-state index contributed by atoms with van der Waals surface area (Å²) in [6.45, 7) is 5.74. The molecule has 1 amide bonds. The second-order valence-corrected chi connectivity index (χ2v) is 7.18. The summed E-state index contributed by atoms with van der Waals surface area (Å²) in [5, 5.41) is 3.46. The van der Waals surface area contributed by atoms with Crippen LogP contribution in [0.4, 0.5) is 4.39 Å². The van der Waals surface area contributed by atoms with Crippen LogP contribution in [0.5, 0.6) is 0 Å². The third-order valence-corrected chi connectivity index (χ3v) is 4.58. The topological polar surface area (TPSA) is 32.3 Å². The highest BCUT2D eigenvalue weighted by Gasteiger charge is 2.28. The Hall–Kier alpha value is -1.13. The van der Waals surface area contributed by atoms with Gasteiger partial charge in [-0.05, 0) is 70.0 Å². The van der Waals surface area contributed by atoms with E-state index in [-0.39, 0.29) is 11.7 Å². The SMILES string of the molecule is CN1CCC[C@@H](CC(=O)NC(C)(C)c2cc(F)ccc2Cl)C1. The number of hydrogen-bond donors (Lipinski definition) is 1. The normalized spacial score (nSPS) is 20.0. The number of benzene rings is 1. The third-order valence-electron chi connectivity index (χ3n) is 4.25. The smallest absolute Gasteiger partial charge is 0.220 e. The van der Waals surface area contributed by atoms with E-state index in [1.54, 1.807) is 0 Å². The third kappa shape index (κ3) is 4.43. The lowest BCUT2D eigenvalue weighted by Crippen LogP contribution is -2.43. The maximum atomic E-state index is 13.5. The maximum absolute atomic E-state index is 13.5. The molecule has 1 aromatic carbocycles. The highest BCUT2D eigenvalue weighted by atomic mass is 35.5. The Kier molecular flexibility index (Phi) is 5.45. The fourth-order valence-electron chi connectivity index (χ4n) is 3.15. The molecule has 1 saturated heterocycles. The summed E-state index contributed by atoms with van der Waals surface area (Å²) in [7, 11) is 2.08. The molecule has 1 aliphatic rings. The largest absolute Gasteiger partial charge is 0.347 e. The highest BCUT2D eigenvalue weighted by Crippen LogP contribution is 2.29. The van der Waals surface area contributed by atoms with Gasteiger partial charge in [0.2, 0.25) is 5.91 Å². The molecule has 1 heterocycles. The first kappa shape index (κ1) is 17.2. The molecule has 0 aromatic heterocycles. The van der Waals surface area contributed by atoms with Gasteiger partial charge in [-0.15, -0.1) is 0 Å². The van der Waals surface area contributed by atoms with Crippen molar-refractivity contribution in [2.75, 3.05) is 20.1 Å². The Morgan fingerprint density at radius 1 is 1.50 bits per heavy atom. The molecule has 1 fully saturated rings. The summed E-state index contributed by atoms with van der Waals surface area (Å²) in [6.07, 6.45) is 2.72. The van der Waals surface area contributed by atoms with Crippen molar-refractivity contribution in [3.05, 3.63) is 34.6 Å². The lowest BCUT2D eigenvalue weighted by atomic mass is 9.91. The number of amides is 1. The molecule has 0 unspecified atom stereocenters. The van der Waals surface area contributed by atoms with Crippen molar-refractivity contribution >= 4 is 17.5 Å². The van der Waals surface area contributed by atoms with Crippen molar-refractivity contribution in [1.82, 2.24) is 10.2 Å². The number of carbonyl (C=O) groups excluding carboxylic acids is 1. The predicted molar refractivity (Wildman–Crippen MR) is 87.4 cm³/mol. The minimum Gasteiger partial charge on any atom is -0.347 e. The highest BCUT2D eigenvalue weighted by molar-refractivity contribution is 6.31. The zero-order chi connectivity index (χ0) is 16.3. The van der Waals surface area contributed by atoms with Crippen molar-refractivity contribution in [3.8, 4) is 0 Å². The minimum absolute atomic E-state index is 0.00868. The van der Waals surface area contributed by atoms with E-state index in [0.717, 1.165) is 25.9 Å². The number of nitrogens with one attached hydrogen (secondary N) is 1. The molecule has 1 aliphatic heterocycles. The maximum Gasteiger partial charge on any atom is 0.220 e. The molecule has 1 N–H and O–H groups in total. The number of likely N-dealkylation sites (tertiary alicyclic amines) is 1. The first-order valence-corrected chi connectivity index (χ1v) is 8.11. The minimum atomic E-state index is -0.698. The van der Waals surface area contributed by atoms with Gasteiger partial charge in [0.05, 0.1) is 5.54 Å². The second-order valence-electron chi connectivity index (χ2n) is 6.77. The summed E-state index contributed by atoms with van der Waals surface area (Å²) in [6, 6.07) is 4.23. The quantitative estimate of drug-likeness (QED) is 0.917. The summed E-state index contributed by atoms with van der Waals surface area (Å²) in [5.74, 6) is 0.0267. The summed E-state index contributed by atoms with van der Waals surface area (Å²) in [5.41, 5.74) is -0.0973. The fourth-order valence-corrected chi connectivity index (χ4v) is 3.50. The van der Waals surface area contributed by atoms with Gasteiger partial charge in [-0.3, -0.25) is 4.79 Å².